The van der Waals surface area contributed by atoms with Crippen LogP contribution in [0.2, 0.25) is 0 Å². The SMILES string of the molecule is CC(C)(C/C=C\C[C@@H]1[C@H](C2=NC(C(=O)NCCCCC3CCCCC3)CO2)[C@H]2CC[C@@H]1O2)C(=O)O. The second-order valence-corrected chi connectivity index (χ2v) is 11.7. The van der Waals surface area contributed by atoms with E-state index < -0.39 is 17.4 Å². The Morgan fingerprint density at radius 3 is 2.63 bits per heavy atom. The number of carbonyl (C=O) groups excluding carboxylic acids is 1. The van der Waals surface area contributed by atoms with Crippen LogP contribution in [0.4, 0.5) is 0 Å². The molecule has 7 heteroatoms. The fraction of sp³-hybridized carbons (Fsp3) is 0.821. The monoisotopic (exact) mass is 488 g/mol. The Morgan fingerprint density at radius 1 is 1.09 bits per heavy atom. The number of hydrogen-bond donors (Lipinski definition) is 2. The van der Waals surface area contributed by atoms with E-state index in [0.717, 1.165) is 31.6 Å². The molecule has 1 unspecified atom stereocenters. The van der Waals surface area contributed by atoms with Crippen molar-refractivity contribution in [2.75, 3.05) is 13.2 Å². The first-order valence-corrected chi connectivity index (χ1v) is 13.9. The fourth-order valence-electron chi connectivity index (χ4n) is 6.21. The van der Waals surface area contributed by atoms with Crippen LogP contribution in [-0.4, -0.2) is 54.3 Å². The number of carboxylic acids is 1. The minimum atomic E-state index is -0.787. The summed E-state index contributed by atoms with van der Waals surface area (Å²) in [6.07, 6.45) is 18.1. The molecule has 2 bridgehead atoms. The molecule has 3 heterocycles. The summed E-state index contributed by atoms with van der Waals surface area (Å²) in [5.74, 6) is 1.10. The van der Waals surface area contributed by atoms with E-state index in [1.807, 2.05) is 6.08 Å². The maximum absolute atomic E-state index is 12.7. The van der Waals surface area contributed by atoms with Crippen molar-refractivity contribution in [1.82, 2.24) is 5.32 Å². The highest BCUT2D eigenvalue weighted by Gasteiger charge is 2.52. The molecule has 0 aromatic heterocycles. The van der Waals surface area contributed by atoms with Crippen molar-refractivity contribution in [3.8, 4) is 0 Å². The van der Waals surface area contributed by atoms with Crippen molar-refractivity contribution in [2.45, 2.75) is 109 Å². The summed E-state index contributed by atoms with van der Waals surface area (Å²) < 4.78 is 12.2. The highest BCUT2D eigenvalue weighted by Crippen LogP contribution is 2.46. The summed E-state index contributed by atoms with van der Waals surface area (Å²) in [6.45, 7) is 4.51. The van der Waals surface area contributed by atoms with Crippen LogP contribution in [0.1, 0.15) is 90.9 Å². The maximum Gasteiger partial charge on any atom is 0.309 e. The standard InChI is InChI=1S/C28H44N2O5/c1-28(2,27(32)33)16-8-6-13-20-22-14-15-23(35-22)24(20)26-30-21(18-34-26)25(31)29-17-9-7-12-19-10-4-3-5-11-19/h6,8,19-24H,3-5,7,9-18H2,1-2H3,(H,29,31)(H,32,33)/b8-6-/t20-,21?,22-,23+,24-/m0/s1. The average Bonchev–Trinajstić information content (AvgIpc) is 3.58. The number of hydrogen-bond acceptors (Lipinski definition) is 5. The number of aliphatic imine (C=N–C) groups is 1. The van der Waals surface area contributed by atoms with Crippen molar-refractivity contribution >= 4 is 17.8 Å². The molecule has 1 aliphatic carbocycles. The van der Waals surface area contributed by atoms with Crippen molar-refractivity contribution in [2.24, 2.45) is 28.2 Å². The molecule has 3 fully saturated rings. The van der Waals surface area contributed by atoms with Gasteiger partial charge in [-0.05, 0) is 51.9 Å². The molecule has 4 aliphatic rings. The fourth-order valence-corrected chi connectivity index (χ4v) is 6.21. The van der Waals surface area contributed by atoms with Crippen molar-refractivity contribution in [3.05, 3.63) is 12.2 Å². The molecule has 2 saturated heterocycles. The molecule has 4 rings (SSSR count). The van der Waals surface area contributed by atoms with E-state index in [-0.39, 0.29) is 30.0 Å². The van der Waals surface area contributed by atoms with Crippen LogP contribution in [0.5, 0.6) is 0 Å². The Balaban J connectivity index is 1.23. The molecule has 3 aliphatic heterocycles. The second kappa shape index (κ2) is 11.9. The Labute approximate surface area is 210 Å². The molecule has 1 amide bonds. The number of aliphatic carboxylic acids is 1. The van der Waals surface area contributed by atoms with Gasteiger partial charge in [0, 0.05) is 12.5 Å². The number of carbonyl (C=O) groups is 2. The first-order valence-electron chi connectivity index (χ1n) is 13.9. The van der Waals surface area contributed by atoms with Gasteiger partial charge in [0.2, 0.25) is 5.91 Å². The van der Waals surface area contributed by atoms with Crippen LogP contribution in [0, 0.1) is 23.2 Å². The Hall–Kier alpha value is -1.89. The zero-order valence-electron chi connectivity index (χ0n) is 21.5. The minimum absolute atomic E-state index is 0.0333. The Kier molecular flexibility index (Phi) is 8.90. The predicted molar refractivity (Wildman–Crippen MR) is 135 cm³/mol. The van der Waals surface area contributed by atoms with Crippen LogP contribution in [0.25, 0.3) is 0 Å². The molecule has 1 saturated carbocycles. The van der Waals surface area contributed by atoms with E-state index in [9.17, 15) is 14.7 Å². The van der Waals surface area contributed by atoms with Crippen LogP contribution in [-0.2, 0) is 19.1 Å². The highest BCUT2D eigenvalue weighted by molar-refractivity contribution is 5.90. The van der Waals surface area contributed by atoms with E-state index in [2.05, 4.69) is 11.4 Å². The quantitative estimate of drug-likeness (QED) is 0.301. The van der Waals surface area contributed by atoms with Gasteiger partial charge in [0.25, 0.3) is 0 Å². The number of unbranched alkanes of at least 4 members (excludes halogenated alkanes) is 1. The third kappa shape index (κ3) is 6.66. The minimum Gasteiger partial charge on any atom is -0.481 e. The van der Waals surface area contributed by atoms with E-state index in [4.69, 9.17) is 14.5 Å². The van der Waals surface area contributed by atoms with Gasteiger partial charge in [0.05, 0.1) is 23.5 Å². The average molecular weight is 489 g/mol. The normalized spacial score (nSPS) is 31.0. The number of carboxylic acid groups (broad SMARTS) is 1. The zero-order valence-corrected chi connectivity index (χ0v) is 21.5. The molecular formula is C28H44N2O5. The van der Waals surface area contributed by atoms with E-state index >= 15 is 0 Å². The molecule has 0 aromatic carbocycles. The largest absolute Gasteiger partial charge is 0.481 e. The van der Waals surface area contributed by atoms with E-state index in [0.29, 0.717) is 25.5 Å². The van der Waals surface area contributed by atoms with E-state index in [1.54, 1.807) is 13.8 Å². The summed E-state index contributed by atoms with van der Waals surface area (Å²) in [5.41, 5.74) is -0.768. The lowest BCUT2D eigenvalue weighted by Crippen LogP contribution is -2.35. The van der Waals surface area contributed by atoms with Crippen molar-refractivity contribution in [1.29, 1.82) is 0 Å². The van der Waals surface area contributed by atoms with Crippen LogP contribution in [0.15, 0.2) is 17.1 Å². The molecule has 2 N–H and O–H groups in total. The van der Waals surface area contributed by atoms with Gasteiger partial charge >= 0.3 is 5.97 Å². The summed E-state index contributed by atoms with van der Waals surface area (Å²) >= 11 is 0. The molecule has 0 aromatic rings. The number of rotatable bonds is 12. The van der Waals surface area contributed by atoms with Crippen LogP contribution < -0.4 is 5.32 Å². The maximum atomic E-state index is 12.7. The van der Waals surface area contributed by atoms with Gasteiger partial charge in [-0.15, -0.1) is 0 Å². The van der Waals surface area contributed by atoms with E-state index in [1.165, 1.54) is 44.9 Å². The highest BCUT2D eigenvalue weighted by atomic mass is 16.5. The molecule has 7 nitrogen and oxygen atoms in total. The van der Waals surface area contributed by atoms with Gasteiger partial charge < -0.3 is 19.9 Å². The molecular weight excluding hydrogens is 444 g/mol. The van der Waals surface area contributed by atoms with Crippen LogP contribution in [0.3, 0.4) is 0 Å². The van der Waals surface area contributed by atoms with Crippen LogP contribution >= 0.6 is 0 Å². The number of ether oxygens (including phenoxy) is 2. The number of nitrogens with zero attached hydrogens (tertiary/aromatic N) is 1. The number of amides is 1. The predicted octanol–water partition coefficient (Wildman–Crippen LogP) is 4.89. The van der Waals surface area contributed by atoms with Gasteiger partial charge in [0.15, 0.2) is 11.9 Å². The third-order valence-corrected chi connectivity index (χ3v) is 8.53. The van der Waals surface area contributed by atoms with Gasteiger partial charge in [-0.1, -0.05) is 57.1 Å². The molecule has 0 radical (unpaired) electrons. The number of allylic oxidation sites excluding steroid dienone is 2. The Bertz CT molecular complexity index is 801. The first kappa shape index (κ1) is 26.2. The number of fused-ring (bicyclic) bond motifs is 2. The third-order valence-electron chi connectivity index (χ3n) is 8.53. The summed E-state index contributed by atoms with van der Waals surface area (Å²) in [4.78, 5) is 28.7. The van der Waals surface area contributed by atoms with Gasteiger partial charge in [-0.3, -0.25) is 9.59 Å². The zero-order chi connectivity index (χ0) is 24.8. The summed E-state index contributed by atoms with van der Waals surface area (Å²) in [5, 5.41) is 12.4. The lowest BCUT2D eigenvalue weighted by Gasteiger charge is -2.26. The van der Waals surface area contributed by atoms with Gasteiger partial charge in [-0.2, -0.15) is 0 Å². The van der Waals surface area contributed by atoms with Crippen molar-refractivity contribution < 1.29 is 24.2 Å². The van der Waals surface area contributed by atoms with Crippen molar-refractivity contribution in [3.63, 3.8) is 0 Å². The van der Waals surface area contributed by atoms with Gasteiger partial charge in [-0.25, -0.2) is 4.99 Å². The topological polar surface area (TPSA) is 97.2 Å². The lowest BCUT2D eigenvalue weighted by molar-refractivity contribution is -0.146. The molecule has 196 valence electrons. The number of nitrogens with one attached hydrogen (secondary N) is 1. The molecule has 35 heavy (non-hydrogen) atoms. The Morgan fingerprint density at radius 2 is 1.86 bits per heavy atom. The first-order chi connectivity index (χ1) is 16.8. The smallest absolute Gasteiger partial charge is 0.309 e. The lowest BCUT2D eigenvalue weighted by atomic mass is 9.77. The second-order valence-electron chi connectivity index (χ2n) is 11.7. The summed E-state index contributed by atoms with van der Waals surface area (Å²) in [6, 6.07) is -0.463. The molecule has 0 spiro atoms. The van der Waals surface area contributed by atoms with Gasteiger partial charge in [0.1, 0.15) is 6.61 Å². The molecule has 5 atom stereocenters. The summed E-state index contributed by atoms with van der Waals surface area (Å²) in [7, 11) is 0.